The quantitative estimate of drug-likeness (QED) is 0.797. The van der Waals surface area contributed by atoms with E-state index in [1.807, 2.05) is 0 Å². The Kier molecular flexibility index (Phi) is 5.06. The number of carbonyl (C=O) groups is 2. The molecule has 10 heteroatoms. The molecule has 0 aliphatic carbocycles. The molecule has 0 spiro atoms. The summed E-state index contributed by atoms with van der Waals surface area (Å²) in [7, 11) is -3.55. The largest absolute Gasteiger partial charge is 0.305 e. The van der Waals surface area contributed by atoms with Crippen LogP contribution in [0.5, 0.6) is 0 Å². The zero-order chi connectivity index (χ0) is 16.9. The first-order valence-electron chi connectivity index (χ1n) is 6.56. The number of hydrogen-bond acceptors (Lipinski definition) is 7. The van der Waals surface area contributed by atoms with Crippen molar-refractivity contribution >= 4 is 33.3 Å². The van der Waals surface area contributed by atoms with E-state index in [0.717, 1.165) is 0 Å². The zero-order valence-corrected chi connectivity index (χ0v) is 13.0. The van der Waals surface area contributed by atoms with Crippen LogP contribution in [0.1, 0.15) is 13.3 Å². The second kappa shape index (κ2) is 7.01. The van der Waals surface area contributed by atoms with Crippen LogP contribution in [0.2, 0.25) is 0 Å². The van der Waals surface area contributed by atoms with Gasteiger partial charge in [-0.2, -0.15) is 0 Å². The summed E-state index contributed by atoms with van der Waals surface area (Å²) in [6.07, 6.45) is -0.274. The van der Waals surface area contributed by atoms with Crippen LogP contribution in [0.4, 0.5) is 11.6 Å². The maximum absolute atomic E-state index is 12.1. The normalized spacial score (nSPS) is 11.0. The third kappa shape index (κ3) is 4.61. The van der Waals surface area contributed by atoms with Crippen LogP contribution in [-0.2, 0) is 19.4 Å². The highest BCUT2D eigenvalue weighted by molar-refractivity contribution is 7.91. The number of nitrogens with one attached hydrogen (secondary N) is 2. The predicted octanol–water partition coefficient (Wildman–Crippen LogP) is 0.830. The van der Waals surface area contributed by atoms with Crippen LogP contribution in [0, 0.1) is 0 Å². The minimum atomic E-state index is -3.55. The molecular weight excluding hydrogens is 324 g/mol. The summed E-state index contributed by atoms with van der Waals surface area (Å²) in [6, 6.07) is 7.83. The Bertz CT molecular complexity index is 801. The molecular formula is C13H14N4O5S. The fourth-order valence-electron chi connectivity index (χ4n) is 1.69. The van der Waals surface area contributed by atoms with Crippen molar-refractivity contribution in [3.05, 3.63) is 30.3 Å². The van der Waals surface area contributed by atoms with Crippen molar-refractivity contribution in [2.45, 2.75) is 18.2 Å². The van der Waals surface area contributed by atoms with E-state index in [1.54, 1.807) is 18.2 Å². The first kappa shape index (κ1) is 16.6. The Morgan fingerprint density at radius 3 is 2.30 bits per heavy atom. The average molecular weight is 338 g/mol. The third-order valence-electron chi connectivity index (χ3n) is 2.74. The molecule has 9 nitrogen and oxygen atoms in total. The highest BCUT2D eigenvalue weighted by Crippen LogP contribution is 2.16. The van der Waals surface area contributed by atoms with E-state index >= 15 is 0 Å². The average Bonchev–Trinajstić information content (AvgIpc) is 2.92. The van der Waals surface area contributed by atoms with Crippen molar-refractivity contribution in [2.75, 3.05) is 16.4 Å². The summed E-state index contributed by atoms with van der Waals surface area (Å²) in [5, 5.41) is 11.5. The molecule has 0 bridgehead atoms. The van der Waals surface area contributed by atoms with E-state index in [0.29, 0.717) is 0 Å². The highest BCUT2D eigenvalue weighted by Gasteiger charge is 2.18. The topological polar surface area (TPSA) is 131 Å². The second-order valence-corrected chi connectivity index (χ2v) is 6.68. The van der Waals surface area contributed by atoms with Gasteiger partial charge in [0.05, 0.1) is 10.6 Å². The van der Waals surface area contributed by atoms with Crippen molar-refractivity contribution in [2.24, 2.45) is 0 Å². The lowest BCUT2D eigenvalue weighted by molar-refractivity contribution is -0.116. The van der Waals surface area contributed by atoms with Crippen molar-refractivity contribution in [3.63, 3.8) is 0 Å². The predicted molar refractivity (Wildman–Crippen MR) is 80.3 cm³/mol. The van der Waals surface area contributed by atoms with Crippen molar-refractivity contribution in [1.82, 2.24) is 10.3 Å². The smallest absolute Gasteiger partial charge is 0.226 e. The molecule has 0 fully saturated rings. The van der Waals surface area contributed by atoms with Crippen LogP contribution >= 0.6 is 0 Å². The summed E-state index contributed by atoms with van der Waals surface area (Å²) in [5.41, 5.74) is 0. The minimum absolute atomic E-state index is 0.0447. The Morgan fingerprint density at radius 2 is 1.70 bits per heavy atom. The lowest BCUT2D eigenvalue weighted by atomic mass is 10.4. The number of carbonyl (C=O) groups excluding carboxylic acids is 2. The van der Waals surface area contributed by atoms with Gasteiger partial charge in [0.1, 0.15) is 0 Å². The number of aromatic nitrogens is 2. The number of anilines is 2. The summed E-state index contributed by atoms with van der Waals surface area (Å²) >= 11 is 0. The van der Waals surface area contributed by atoms with E-state index < -0.39 is 21.7 Å². The summed E-state index contributed by atoms with van der Waals surface area (Å²) in [6.45, 7) is 1.26. The molecule has 1 aromatic carbocycles. The van der Waals surface area contributed by atoms with Gasteiger partial charge >= 0.3 is 0 Å². The lowest BCUT2D eigenvalue weighted by Crippen LogP contribution is -2.19. The van der Waals surface area contributed by atoms with Gasteiger partial charge < -0.3 is 10.6 Å². The standard InChI is InChI=1S/C13H14N4O5S/c1-9(18)14-12-13(17-22-16-12)15-11(19)7-8-23(20,21)10-5-3-2-4-6-10/h2-6H,7-8H2,1H3,(H,14,16,18)(H,15,17,19). The summed E-state index contributed by atoms with van der Waals surface area (Å²) < 4.78 is 28.6. The molecule has 0 unspecified atom stereocenters. The minimum Gasteiger partial charge on any atom is -0.305 e. The maximum atomic E-state index is 12.1. The number of sulfone groups is 1. The second-order valence-electron chi connectivity index (χ2n) is 4.57. The maximum Gasteiger partial charge on any atom is 0.226 e. The monoisotopic (exact) mass is 338 g/mol. The lowest BCUT2D eigenvalue weighted by Gasteiger charge is -2.05. The van der Waals surface area contributed by atoms with Gasteiger partial charge in [0, 0.05) is 13.3 Å². The first-order chi connectivity index (χ1) is 10.9. The highest BCUT2D eigenvalue weighted by atomic mass is 32.2. The van der Waals surface area contributed by atoms with E-state index in [4.69, 9.17) is 0 Å². The van der Waals surface area contributed by atoms with Gasteiger partial charge in [-0.05, 0) is 22.4 Å². The number of nitrogens with zero attached hydrogens (tertiary/aromatic N) is 2. The van der Waals surface area contributed by atoms with Gasteiger partial charge in [-0.15, -0.1) is 0 Å². The third-order valence-corrected chi connectivity index (χ3v) is 4.47. The van der Waals surface area contributed by atoms with Crippen LogP contribution in [-0.4, -0.2) is 36.3 Å². The van der Waals surface area contributed by atoms with E-state index in [9.17, 15) is 18.0 Å². The Hall–Kier alpha value is -2.75. The van der Waals surface area contributed by atoms with Crippen LogP contribution in [0.3, 0.4) is 0 Å². The van der Waals surface area contributed by atoms with Gasteiger partial charge in [-0.1, -0.05) is 18.2 Å². The van der Waals surface area contributed by atoms with E-state index in [1.165, 1.54) is 19.1 Å². The molecule has 2 aromatic rings. The SMILES string of the molecule is CC(=O)Nc1nonc1NC(=O)CCS(=O)(=O)c1ccccc1. The fourth-order valence-corrected chi connectivity index (χ4v) is 2.95. The van der Waals surface area contributed by atoms with Gasteiger partial charge in [0.2, 0.25) is 23.5 Å². The zero-order valence-electron chi connectivity index (χ0n) is 12.1. The fraction of sp³-hybridized carbons (Fsp3) is 0.231. The number of rotatable bonds is 6. The summed E-state index contributed by atoms with van der Waals surface area (Å²) in [4.78, 5) is 22.9. The number of amides is 2. The van der Waals surface area contributed by atoms with Crippen molar-refractivity contribution < 1.29 is 22.6 Å². The van der Waals surface area contributed by atoms with Gasteiger partial charge in [-0.25, -0.2) is 13.0 Å². The molecule has 2 rings (SSSR count). The molecule has 0 saturated heterocycles. The van der Waals surface area contributed by atoms with Gasteiger partial charge in [0.25, 0.3) is 0 Å². The van der Waals surface area contributed by atoms with Crippen LogP contribution in [0.15, 0.2) is 39.9 Å². The number of benzene rings is 1. The van der Waals surface area contributed by atoms with Crippen molar-refractivity contribution in [1.29, 1.82) is 0 Å². The van der Waals surface area contributed by atoms with E-state index in [-0.39, 0.29) is 28.7 Å². The molecule has 0 radical (unpaired) electrons. The first-order valence-corrected chi connectivity index (χ1v) is 8.21. The molecule has 0 atom stereocenters. The molecule has 23 heavy (non-hydrogen) atoms. The van der Waals surface area contributed by atoms with Gasteiger partial charge in [0.15, 0.2) is 9.84 Å². The Balaban J connectivity index is 1.96. The van der Waals surface area contributed by atoms with Crippen LogP contribution < -0.4 is 10.6 Å². The van der Waals surface area contributed by atoms with Crippen molar-refractivity contribution in [3.8, 4) is 0 Å². The Labute approximate surface area is 131 Å². The molecule has 1 aromatic heterocycles. The molecule has 2 N–H and O–H groups in total. The van der Waals surface area contributed by atoms with Gasteiger partial charge in [-0.3, -0.25) is 9.59 Å². The molecule has 0 aliphatic rings. The molecule has 0 saturated carbocycles. The summed E-state index contributed by atoms with van der Waals surface area (Å²) in [5.74, 6) is -1.49. The van der Waals surface area contributed by atoms with Crippen LogP contribution in [0.25, 0.3) is 0 Å². The molecule has 1 heterocycles. The molecule has 122 valence electrons. The van der Waals surface area contributed by atoms with E-state index in [2.05, 4.69) is 25.6 Å². The Morgan fingerprint density at radius 1 is 1.09 bits per heavy atom. The molecule has 0 aliphatic heterocycles. The number of hydrogen-bond donors (Lipinski definition) is 2. The molecule has 2 amide bonds.